The number of halogens is 4. The van der Waals surface area contributed by atoms with Crippen LogP contribution >= 0.6 is 0 Å². The molecular formula is C18H15F4NO. The van der Waals surface area contributed by atoms with Crippen LogP contribution in [0.15, 0.2) is 36.4 Å². The summed E-state index contributed by atoms with van der Waals surface area (Å²) in [5.74, 6) is -0.587. The van der Waals surface area contributed by atoms with Crippen molar-refractivity contribution in [2.75, 3.05) is 0 Å². The standard InChI is InChI=1S/C18H15F4NO/c1-2-12-7-15(19)8-13-10-23(17(24)16(12)13)9-11-3-5-14(6-4-11)18(20,21)22/h3-8H,2,9-10H2,1H3. The predicted molar refractivity (Wildman–Crippen MR) is 80.8 cm³/mol. The highest BCUT2D eigenvalue weighted by Crippen LogP contribution is 2.31. The molecule has 2 aromatic rings. The van der Waals surface area contributed by atoms with E-state index in [2.05, 4.69) is 0 Å². The van der Waals surface area contributed by atoms with E-state index in [-0.39, 0.29) is 24.8 Å². The lowest BCUT2D eigenvalue weighted by Crippen LogP contribution is -2.23. The first kappa shape index (κ1) is 16.5. The number of carbonyl (C=O) groups is 1. The third-order valence-electron chi connectivity index (χ3n) is 4.16. The summed E-state index contributed by atoms with van der Waals surface area (Å²) < 4.78 is 51.4. The van der Waals surface area contributed by atoms with Gasteiger partial charge in [0, 0.05) is 18.7 Å². The second-order valence-corrected chi connectivity index (χ2v) is 5.81. The van der Waals surface area contributed by atoms with Gasteiger partial charge >= 0.3 is 6.18 Å². The molecule has 0 radical (unpaired) electrons. The van der Waals surface area contributed by atoms with Gasteiger partial charge in [0.25, 0.3) is 5.91 Å². The van der Waals surface area contributed by atoms with Gasteiger partial charge in [-0.1, -0.05) is 19.1 Å². The van der Waals surface area contributed by atoms with E-state index >= 15 is 0 Å². The zero-order chi connectivity index (χ0) is 17.5. The largest absolute Gasteiger partial charge is 0.416 e. The van der Waals surface area contributed by atoms with E-state index in [1.54, 1.807) is 0 Å². The summed E-state index contributed by atoms with van der Waals surface area (Å²) >= 11 is 0. The Morgan fingerprint density at radius 1 is 1.12 bits per heavy atom. The van der Waals surface area contributed by atoms with Crippen molar-refractivity contribution in [3.05, 3.63) is 70.0 Å². The van der Waals surface area contributed by atoms with Gasteiger partial charge in [0.05, 0.1) is 5.56 Å². The van der Waals surface area contributed by atoms with Crippen LogP contribution in [0.3, 0.4) is 0 Å². The first-order valence-electron chi connectivity index (χ1n) is 7.56. The molecule has 0 bridgehead atoms. The highest BCUT2D eigenvalue weighted by molar-refractivity contribution is 5.99. The van der Waals surface area contributed by atoms with Gasteiger partial charge < -0.3 is 4.90 Å². The quantitative estimate of drug-likeness (QED) is 0.752. The molecule has 1 amide bonds. The predicted octanol–water partition coefficient (Wildman–Crippen LogP) is 4.56. The topological polar surface area (TPSA) is 20.3 Å². The Morgan fingerprint density at radius 2 is 1.79 bits per heavy atom. The Hall–Kier alpha value is -2.37. The molecule has 1 aliphatic rings. The number of alkyl halides is 3. The summed E-state index contributed by atoms with van der Waals surface area (Å²) in [6.07, 6.45) is -3.84. The molecule has 6 heteroatoms. The smallest absolute Gasteiger partial charge is 0.330 e. The maximum absolute atomic E-state index is 13.6. The average Bonchev–Trinajstić information content (AvgIpc) is 2.82. The highest BCUT2D eigenvalue weighted by Gasteiger charge is 2.32. The van der Waals surface area contributed by atoms with Crippen molar-refractivity contribution in [1.82, 2.24) is 4.90 Å². The van der Waals surface area contributed by atoms with Gasteiger partial charge in [0.1, 0.15) is 5.82 Å². The van der Waals surface area contributed by atoms with Gasteiger partial charge in [-0.25, -0.2) is 4.39 Å². The first-order valence-corrected chi connectivity index (χ1v) is 7.56. The second-order valence-electron chi connectivity index (χ2n) is 5.81. The lowest BCUT2D eigenvalue weighted by atomic mass is 10.0. The van der Waals surface area contributed by atoms with Crippen LogP contribution in [0.5, 0.6) is 0 Å². The molecule has 0 saturated carbocycles. The van der Waals surface area contributed by atoms with Gasteiger partial charge in [-0.3, -0.25) is 4.79 Å². The van der Waals surface area contributed by atoms with Crippen LogP contribution in [0.1, 0.15) is 39.5 Å². The molecule has 0 spiro atoms. The maximum atomic E-state index is 13.6. The molecule has 2 aromatic carbocycles. The summed E-state index contributed by atoms with van der Waals surface area (Å²) in [5, 5.41) is 0. The minimum absolute atomic E-state index is 0.191. The van der Waals surface area contributed by atoms with E-state index in [1.807, 2.05) is 6.92 Å². The molecule has 0 fully saturated rings. The van der Waals surface area contributed by atoms with Gasteiger partial charge in [0.2, 0.25) is 0 Å². The monoisotopic (exact) mass is 337 g/mol. The third-order valence-corrected chi connectivity index (χ3v) is 4.16. The first-order chi connectivity index (χ1) is 11.3. The molecule has 0 unspecified atom stereocenters. The van der Waals surface area contributed by atoms with Crippen molar-refractivity contribution < 1.29 is 22.4 Å². The summed E-state index contributed by atoms with van der Waals surface area (Å²) in [6, 6.07) is 7.43. The van der Waals surface area contributed by atoms with Crippen LogP contribution in [0.4, 0.5) is 17.6 Å². The van der Waals surface area contributed by atoms with Gasteiger partial charge in [-0.2, -0.15) is 13.2 Å². The Bertz CT molecular complexity index is 781. The van der Waals surface area contributed by atoms with Gasteiger partial charge in [-0.05, 0) is 47.4 Å². The number of nitrogens with zero attached hydrogens (tertiary/aromatic N) is 1. The number of hydrogen-bond donors (Lipinski definition) is 0. The summed E-state index contributed by atoms with van der Waals surface area (Å²) in [5.41, 5.74) is 1.68. The fourth-order valence-corrected chi connectivity index (χ4v) is 2.99. The van der Waals surface area contributed by atoms with Gasteiger partial charge in [-0.15, -0.1) is 0 Å². The zero-order valence-corrected chi connectivity index (χ0v) is 13.0. The van der Waals surface area contributed by atoms with E-state index in [0.717, 1.165) is 12.1 Å². The van der Waals surface area contributed by atoms with E-state index in [4.69, 9.17) is 0 Å². The number of hydrogen-bond acceptors (Lipinski definition) is 1. The number of benzene rings is 2. The number of amides is 1. The number of carbonyl (C=O) groups excluding carboxylic acids is 1. The summed E-state index contributed by atoms with van der Waals surface area (Å²) in [4.78, 5) is 14.1. The minimum Gasteiger partial charge on any atom is -0.330 e. The van der Waals surface area contributed by atoms with E-state index < -0.39 is 11.7 Å². The molecule has 0 saturated heterocycles. The summed E-state index contributed by atoms with van der Waals surface area (Å²) in [7, 11) is 0. The average molecular weight is 337 g/mol. The normalized spacial score (nSPS) is 14.2. The Labute approximate surface area is 136 Å². The van der Waals surface area contributed by atoms with Crippen LogP contribution < -0.4 is 0 Å². The molecule has 1 aliphatic heterocycles. The fraction of sp³-hybridized carbons (Fsp3) is 0.278. The van der Waals surface area contributed by atoms with E-state index in [9.17, 15) is 22.4 Å². The van der Waals surface area contributed by atoms with Crippen LogP contribution in [0, 0.1) is 5.82 Å². The summed E-state index contributed by atoms with van der Waals surface area (Å²) in [6.45, 7) is 2.30. The molecule has 0 N–H and O–H groups in total. The van der Waals surface area contributed by atoms with Crippen LogP contribution in [0.25, 0.3) is 0 Å². The molecule has 2 nitrogen and oxygen atoms in total. The number of rotatable bonds is 3. The van der Waals surface area contributed by atoms with Crippen molar-refractivity contribution in [2.24, 2.45) is 0 Å². The number of fused-ring (bicyclic) bond motifs is 1. The fourth-order valence-electron chi connectivity index (χ4n) is 2.99. The van der Waals surface area contributed by atoms with Crippen molar-refractivity contribution in [3.63, 3.8) is 0 Å². The van der Waals surface area contributed by atoms with Crippen LogP contribution in [-0.2, 0) is 25.7 Å². The highest BCUT2D eigenvalue weighted by atomic mass is 19.4. The molecule has 0 atom stereocenters. The Morgan fingerprint density at radius 3 is 2.38 bits per heavy atom. The molecule has 126 valence electrons. The minimum atomic E-state index is -4.38. The van der Waals surface area contributed by atoms with Crippen molar-refractivity contribution in [1.29, 1.82) is 0 Å². The maximum Gasteiger partial charge on any atom is 0.416 e. The second kappa shape index (κ2) is 5.92. The lowest BCUT2D eigenvalue weighted by molar-refractivity contribution is -0.137. The van der Waals surface area contributed by atoms with Crippen LogP contribution in [-0.4, -0.2) is 10.8 Å². The van der Waals surface area contributed by atoms with E-state index in [1.165, 1.54) is 29.2 Å². The zero-order valence-electron chi connectivity index (χ0n) is 13.0. The molecule has 0 aliphatic carbocycles. The molecule has 24 heavy (non-hydrogen) atoms. The molecule has 1 heterocycles. The molecular weight excluding hydrogens is 322 g/mol. The Kier molecular flexibility index (Phi) is 4.07. The molecule has 3 rings (SSSR count). The van der Waals surface area contributed by atoms with Crippen molar-refractivity contribution in [3.8, 4) is 0 Å². The number of aryl methyl sites for hydroxylation is 1. The van der Waals surface area contributed by atoms with Crippen LogP contribution in [0.2, 0.25) is 0 Å². The van der Waals surface area contributed by atoms with Gasteiger partial charge in [0.15, 0.2) is 0 Å². The molecule has 0 aromatic heterocycles. The van der Waals surface area contributed by atoms with E-state index in [0.29, 0.717) is 28.7 Å². The Balaban J connectivity index is 1.82. The SMILES string of the molecule is CCc1cc(F)cc2c1C(=O)N(Cc1ccc(C(F)(F)F)cc1)C2. The lowest BCUT2D eigenvalue weighted by Gasteiger charge is -2.16. The van der Waals surface area contributed by atoms with Crippen molar-refractivity contribution >= 4 is 5.91 Å². The third kappa shape index (κ3) is 3.00. The van der Waals surface area contributed by atoms with Crippen molar-refractivity contribution in [2.45, 2.75) is 32.6 Å².